The number of amides is 1. The minimum atomic E-state index is -0.338. The first-order valence-corrected chi connectivity index (χ1v) is 3.91. The van der Waals surface area contributed by atoms with Gasteiger partial charge in [0, 0.05) is 13.1 Å². The third kappa shape index (κ3) is 1.91. The van der Waals surface area contributed by atoms with Crippen LogP contribution in [0.2, 0.25) is 0 Å². The van der Waals surface area contributed by atoms with Gasteiger partial charge in [-0.2, -0.15) is 0 Å². The second kappa shape index (κ2) is 3.69. The summed E-state index contributed by atoms with van der Waals surface area (Å²) < 4.78 is 0. The molecule has 1 heterocycles. The van der Waals surface area contributed by atoms with Gasteiger partial charge in [-0.3, -0.25) is 4.79 Å². The van der Waals surface area contributed by atoms with Gasteiger partial charge >= 0.3 is 0 Å². The van der Waals surface area contributed by atoms with Crippen molar-refractivity contribution < 1.29 is 9.90 Å². The fourth-order valence-corrected chi connectivity index (χ4v) is 1.31. The van der Waals surface area contributed by atoms with Crippen LogP contribution in [0, 0.1) is 0 Å². The number of hydrogen-bond acceptors (Lipinski definition) is 3. The largest absolute Gasteiger partial charge is 0.395 e. The summed E-state index contributed by atoms with van der Waals surface area (Å²) in [5.41, 5.74) is 5.53. The minimum absolute atomic E-state index is 0.0229. The average molecular weight is 158 g/mol. The molecule has 11 heavy (non-hydrogen) atoms. The third-order valence-electron chi connectivity index (χ3n) is 1.94. The Morgan fingerprint density at radius 3 is 3.09 bits per heavy atom. The van der Waals surface area contributed by atoms with Gasteiger partial charge in [0.1, 0.15) is 0 Å². The number of β-amino-alcohol motifs (C(OH)–C–C–N with tert-alkyl or cyclic N) is 1. The molecule has 1 aliphatic heterocycles. The Bertz CT molecular complexity index is 147. The lowest BCUT2D eigenvalue weighted by atomic mass is 10.1. The molecule has 0 aromatic carbocycles. The van der Waals surface area contributed by atoms with Crippen molar-refractivity contribution in [1.29, 1.82) is 0 Å². The molecule has 0 spiro atoms. The van der Waals surface area contributed by atoms with Crippen molar-refractivity contribution in [2.45, 2.75) is 18.9 Å². The summed E-state index contributed by atoms with van der Waals surface area (Å²) in [7, 11) is 0. The van der Waals surface area contributed by atoms with Gasteiger partial charge in [0.05, 0.1) is 12.6 Å². The maximum atomic E-state index is 11.2. The summed E-state index contributed by atoms with van der Waals surface area (Å²) in [5, 5.41) is 8.59. The average Bonchev–Trinajstić information content (AvgIpc) is 1.99. The molecule has 4 nitrogen and oxygen atoms in total. The first-order chi connectivity index (χ1) is 5.25. The monoisotopic (exact) mass is 158 g/mol. The second-order valence-corrected chi connectivity index (χ2v) is 2.80. The summed E-state index contributed by atoms with van der Waals surface area (Å²) in [6, 6.07) is -0.338. The third-order valence-corrected chi connectivity index (χ3v) is 1.94. The van der Waals surface area contributed by atoms with Crippen LogP contribution in [-0.4, -0.2) is 41.7 Å². The number of nitrogens with two attached hydrogens (primary N) is 1. The quantitative estimate of drug-likeness (QED) is 0.537. The SMILES string of the molecule is NC1CCCN(CCO)C1=O. The Labute approximate surface area is 66.0 Å². The molecule has 0 aliphatic carbocycles. The lowest BCUT2D eigenvalue weighted by Gasteiger charge is -2.29. The summed E-state index contributed by atoms with van der Waals surface area (Å²) in [6.45, 7) is 1.19. The molecule has 3 N–H and O–H groups in total. The van der Waals surface area contributed by atoms with E-state index in [-0.39, 0.29) is 18.6 Å². The molecular formula is C7H14N2O2. The van der Waals surface area contributed by atoms with Crippen molar-refractivity contribution >= 4 is 5.91 Å². The Balaban J connectivity index is 2.44. The predicted octanol–water partition coefficient (Wildman–Crippen LogP) is -1.07. The zero-order valence-corrected chi connectivity index (χ0v) is 6.49. The lowest BCUT2D eigenvalue weighted by molar-refractivity contribution is -0.135. The molecule has 0 aromatic heterocycles. The molecule has 0 bridgehead atoms. The van der Waals surface area contributed by atoms with Crippen molar-refractivity contribution in [2.24, 2.45) is 5.73 Å². The van der Waals surface area contributed by atoms with Crippen LogP contribution < -0.4 is 5.73 Å². The van der Waals surface area contributed by atoms with Crippen LogP contribution in [0.15, 0.2) is 0 Å². The van der Waals surface area contributed by atoms with Gasteiger partial charge in [-0.15, -0.1) is 0 Å². The Morgan fingerprint density at radius 2 is 2.45 bits per heavy atom. The van der Waals surface area contributed by atoms with E-state index in [0.717, 1.165) is 19.4 Å². The van der Waals surface area contributed by atoms with Crippen molar-refractivity contribution in [3.05, 3.63) is 0 Å². The number of piperidine rings is 1. The number of aliphatic hydroxyl groups excluding tert-OH is 1. The molecule has 1 atom stereocenters. The standard InChI is InChI=1S/C7H14N2O2/c8-6-2-1-3-9(4-5-10)7(6)11/h6,10H,1-5,8H2. The van der Waals surface area contributed by atoms with Crippen LogP contribution in [0.25, 0.3) is 0 Å². The molecular weight excluding hydrogens is 144 g/mol. The van der Waals surface area contributed by atoms with Gasteiger partial charge in [0.25, 0.3) is 0 Å². The van der Waals surface area contributed by atoms with Gasteiger partial charge in [-0.25, -0.2) is 0 Å². The molecule has 1 unspecified atom stereocenters. The highest BCUT2D eigenvalue weighted by molar-refractivity contribution is 5.82. The number of carbonyl (C=O) groups excluding carboxylic acids is 1. The molecule has 0 aromatic rings. The highest BCUT2D eigenvalue weighted by Crippen LogP contribution is 2.08. The summed E-state index contributed by atoms with van der Waals surface area (Å²) in [6.07, 6.45) is 1.73. The summed E-state index contributed by atoms with van der Waals surface area (Å²) in [5.74, 6) is -0.0229. The van der Waals surface area contributed by atoms with Crippen LogP contribution in [0.1, 0.15) is 12.8 Å². The van der Waals surface area contributed by atoms with Gasteiger partial charge in [0.15, 0.2) is 0 Å². The molecule has 1 saturated heterocycles. The van der Waals surface area contributed by atoms with Crippen LogP contribution in [-0.2, 0) is 4.79 Å². The Morgan fingerprint density at radius 1 is 1.73 bits per heavy atom. The van der Waals surface area contributed by atoms with E-state index in [1.54, 1.807) is 4.90 Å². The molecule has 1 aliphatic rings. The fraction of sp³-hybridized carbons (Fsp3) is 0.857. The van der Waals surface area contributed by atoms with E-state index < -0.39 is 0 Å². The van der Waals surface area contributed by atoms with Crippen molar-refractivity contribution in [3.63, 3.8) is 0 Å². The number of rotatable bonds is 2. The molecule has 1 fully saturated rings. The molecule has 4 heteroatoms. The Hall–Kier alpha value is -0.610. The zero-order chi connectivity index (χ0) is 8.27. The van der Waals surface area contributed by atoms with E-state index in [2.05, 4.69) is 0 Å². The number of likely N-dealkylation sites (tertiary alicyclic amines) is 1. The molecule has 1 amide bonds. The number of aliphatic hydroxyl groups is 1. The normalized spacial score (nSPS) is 25.8. The van der Waals surface area contributed by atoms with Gasteiger partial charge in [-0.1, -0.05) is 0 Å². The maximum Gasteiger partial charge on any atom is 0.239 e. The first kappa shape index (κ1) is 8.49. The van der Waals surface area contributed by atoms with E-state index in [4.69, 9.17) is 10.8 Å². The van der Waals surface area contributed by atoms with Crippen LogP contribution in [0.3, 0.4) is 0 Å². The van der Waals surface area contributed by atoms with Gasteiger partial charge in [-0.05, 0) is 12.8 Å². The lowest BCUT2D eigenvalue weighted by Crippen LogP contribution is -2.49. The maximum absolute atomic E-state index is 11.2. The highest BCUT2D eigenvalue weighted by Gasteiger charge is 2.24. The van der Waals surface area contributed by atoms with Crippen molar-refractivity contribution in [1.82, 2.24) is 4.90 Å². The van der Waals surface area contributed by atoms with Crippen molar-refractivity contribution in [3.8, 4) is 0 Å². The van der Waals surface area contributed by atoms with Crippen LogP contribution in [0.5, 0.6) is 0 Å². The molecule has 0 saturated carbocycles. The number of carbonyl (C=O) groups is 1. The van der Waals surface area contributed by atoms with E-state index in [1.807, 2.05) is 0 Å². The number of hydrogen-bond donors (Lipinski definition) is 2. The van der Waals surface area contributed by atoms with E-state index in [1.165, 1.54) is 0 Å². The van der Waals surface area contributed by atoms with Gasteiger partial charge in [0.2, 0.25) is 5.91 Å². The fourth-order valence-electron chi connectivity index (χ4n) is 1.31. The van der Waals surface area contributed by atoms with Crippen LogP contribution in [0.4, 0.5) is 0 Å². The smallest absolute Gasteiger partial charge is 0.239 e. The second-order valence-electron chi connectivity index (χ2n) is 2.80. The van der Waals surface area contributed by atoms with E-state index in [0.29, 0.717) is 6.54 Å². The molecule has 1 rings (SSSR count). The molecule has 0 radical (unpaired) electrons. The zero-order valence-electron chi connectivity index (χ0n) is 6.49. The van der Waals surface area contributed by atoms with Crippen molar-refractivity contribution in [2.75, 3.05) is 19.7 Å². The minimum Gasteiger partial charge on any atom is -0.395 e. The first-order valence-electron chi connectivity index (χ1n) is 3.91. The van der Waals surface area contributed by atoms with Gasteiger partial charge < -0.3 is 15.7 Å². The summed E-state index contributed by atoms with van der Waals surface area (Å²) in [4.78, 5) is 12.8. The summed E-state index contributed by atoms with van der Waals surface area (Å²) >= 11 is 0. The molecule has 64 valence electrons. The van der Waals surface area contributed by atoms with Crippen LogP contribution >= 0.6 is 0 Å². The highest BCUT2D eigenvalue weighted by atomic mass is 16.3. The topological polar surface area (TPSA) is 66.6 Å². The van der Waals surface area contributed by atoms with E-state index in [9.17, 15) is 4.79 Å². The Kier molecular flexibility index (Phi) is 2.84. The predicted molar refractivity (Wildman–Crippen MR) is 40.9 cm³/mol. The van der Waals surface area contributed by atoms with E-state index >= 15 is 0 Å². The number of nitrogens with zero attached hydrogens (tertiary/aromatic N) is 1.